The second-order valence-corrected chi connectivity index (χ2v) is 7.38. The molecule has 1 aliphatic carbocycles. The fraction of sp³-hybridized carbons (Fsp3) is 0.733. The number of imidazole rings is 1. The first-order chi connectivity index (χ1) is 10.1. The number of hydrogen-bond donors (Lipinski definition) is 1. The van der Waals surface area contributed by atoms with Gasteiger partial charge >= 0.3 is 0 Å². The number of rotatable bonds is 4. The van der Waals surface area contributed by atoms with E-state index in [0.717, 1.165) is 32.2 Å². The summed E-state index contributed by atoms with van der Waals surface area (Å²) in [6, 6.07) is 0. The largest absolute Gasteiger partial charge is 0.385 e. The van der Waals surface area contributed by atoms with Crippen LogP contribution in [0.25, 0.3) is 0 Å². The van der Waals surface area contributed by atoms with Gasteiger partial charge in [0.2, 0.25) is 5.91 Å². The van der Waals surface area contributed by atoms with E-state index in [1.54, 1.807) is 18.0 Å². The third kappa shape index (κ3) is 2.71. The highest BCUT2D eigenvalue weighted by molar-refractivity contribution is 8.01. The number of aliphatic hydroxyl groups excluding tert-OH is 1. The molecule has 2 aliphatic rings. The van der Waals surface area contributed by atoms with Crippen molar-refractivity contribution >= 4 is 17.7 Å². The maximum Gasteiger partial charge on any atom is 0.238 e. The number of aryl methyl sites for hydroxylation is 1. The Morgan fingerprint density at radius 3 is 2.90 bits per heavy atom. The third-order valence-electron chi connectivity index (χ3n) is 4.80. The van der Waals surface area contributed by atoms with Crippen LogP contribution < -0.4 is 0 Å². The molecule has 116 valence electrons. The van der Waals surface area contributed by atoms with Gasteiger partial charge in [-0.15, -0.1) is 11.8 Å². The number of piperidine rings is 1. The summed E-state index contributed by atoms with van der Waals surface area (Å²) in [5.74, 6) is 1.05. The molecule has 1 aromatic rings. The molecule has 0 unspecified atom stereocenters. The fourth-order valence-electron chi connectivity index (χ4n) is 3.23. The first-order valence-electron chi connectivity index (χ1n) is 7.57. The van der Waals surface area contributed by atoms with Crippen LogP contribution >= 0.6 is 11.8 Å². The summed E-state index contributed by atoms with van der Waals surface area (Å²) in [7, 11) is 1.89. The zero-order chi connectivity index (χ0) is 15.0. The number of carbonyl (C=O) groups excluding carboxylic acids is 1. The summed E-state index contributed by atoms with van der Waals surface area (Å²) in [6.07, 6.45) is 8.88. The zero-order valence-electron chi connectivity index (χ0n) is 12.7. The summed E-state index contributed by atoms with van der Waals surface area (Å²) < 4.78 is 1.70. The van der Waals surface area contributed by atoms with Gasteiger partial charge in [0, 0.05) is 38.4 Å². The van der Waals surface area contributed by atoms with Crippen molar-refractivity contribution in [3.05, 3.63) is 18.2 Å². The number of amides is 1. The first kappa shape index (κ1) is 14.9. The lowest BCUT2D eigenvalue weighted by Crippen LogP contribution is -2.46. The quantitative estimate of drug-likeness (QED) is 0.917. The number of likely N-dealkylation sites (tertiary alicyclic amines) is 1. The molecule has 1 N–H and O–H groups in total. The summed E-state index contributed by atoms with van der Waals surface area (Å²) in [4.78, 5) is 18.8. The van der Waals surface area contributed by atoms with Crippen LogP contribution in [0.4, 0.5) is 0 Å². The monoisotopic (exact) mass is 309 g/mol. The second kappa shape index (κ2) is 5.65. The fourth-order valence-corrected chi connectivity index (χ4v) is 4.05. The van der Waals surface area contributed by atoms with Crippen LogP contribution in [-0.2, 0) is 11.8 Å². The van der Waals surface area contributed by atoms with Crippen LogP contribution in [0, 0.1) is 5.92 Å². The van der Waals surface area contributed by atoms with Gasteiger partial charge in [-0.1, -0.05) is 0 Å². The molecule has 3 rings (SSSR count). The Labute approximate surface area is 129 Å². The molecule has 2 atom stereocenters. The molecule has 2 fully saturated rings. The molecule has 0 aromatic carbocycles. The number of nitrogens with zero attached hydrogens (tertiary/aromatic N) is 3. The van der Waals surface area contributed by atoms with Gasteiger partial charge in [-0.2, -0.15) is 0 Å². The zero-order valence-corrected chi connectivity index (χ0v) is 13.5. The second-order valence-electron chi connectivity index (χ2n) is 6.19. The Balaban J connectivity index is 1.69. The van der Waals surface area contributed by atoms with Crippen molar-refractivity contribution in [3.8, 4) is 0 Å². The van der Waals surface area contributed by atoms with E-state index in [2.05, 4.69) is 4.98 Å². The lowest BCUT2D eigenvalue weighted by Gasteiger charge is -2.36. The third-order valence-corrected chi connectivity index (χ3v) is 6.16. The number of aliphatic hydroxyl groups is 1. The van der Waals surface area contributed by atoms with Crippen molar-refractivity contribution in [1.29, 1.82) is 0 Å². The highest BCUT2D eigenvalue weighted by Gasteiger charge is 2.51. The summed E-state index contributed by atoms with van der Waals surface area (Å²) in [5.41, 5.74) is 0. The Bertz CT molecular complexity index is 527. The maximum absolute atomic E-state index is 12.6. The van der Waals surface area contributed by atoms with E-state index in [0.29, 0.717) is 12.4 Å². The molecule has 1 aliphatic heterocycles. The van der Waals surface area contributed by atoms with Crippen LogP contribution in [0.3, 0.4) is 0 Å². The van der Waals surface area contributed by atoms with Crippen molar-refractivity contribution in [3.63, 3.8) is 0 Å². The molecule has 1 saturated carbocycles. The van der Waals surface area contributed by atoms with Crippen LogP contribution in [0.2, 0.25) is 0 Å². The van der Waals surface area contributed by atoms with Gasteiger partial charge in [-0.05, 0) is 31.9 Å². The Hall–Kier alpha value is -1.01. The summed E-state index contributed by atoms with van der Waals surface area (Å²) in [6.45, 7) is 1.47. The SMILES string of the molecule is CSC1(C(=O)N2CCC[C@@H]([C@H](O)c3nccn3C)C2)CC1. The average molecular weight is 309 g/mol. The molecular weight excluding hydrogens is 286 g/mol. The summed E-state index contributed by atoms with van der Waals surface area (Å²) in [5, 5.41) is 10.6. The summed E-state index contributed by atoms with van der Waals surface area (Å²) >= 11 is 1.68. The number of carbonyl (C=O) groups is 1. The highest BCUT2D eigenvalue weighted by atomic mass is 32.2. The van der Waals surface area contributed by atoms with E-state index in [4.69, 9.17) is 0 Å². The molecule has 1 saturated heterocycles. The first-order valence-corrected chi connectivity index (χ1v) is 8.80. The van der Waals surface area contributed by atoms with Gasteiger partial charge in [-0.3, -0.25) is 4.79 Å². The minimum Gasteiger partial charge on any atom is -0.385 e. The molecule has 2 heterocycles. The van der Waals surface area contributed by atoms with Gasteiger partial charge < -0.3 is 14.6 Å². The normalized spacial score (nSPS) is 25.7. The standard InChI is InChI=1S/C15H23N3O2S/c1-17-9-7-16-13(17)12(19)11-4-3-8-18(10-11)14(20)15(21-2)5-6-15/h7,9,11-12,19H,3-6,8,10H2,1-2H3/t11-,12+/m1/s1. The van der Waals surface area contributed by atoms with E-state index in [-0.39, 0.29) is 16.6 Å². The highest BCUT2D eigenvalue weighted by Crippen LogP contribution is 2.49. The number of aromatic nitrogens is 2. The topological polar surface area (TPSA) is 58.4 Å². The molecule has 0 bridgehead atoms. The Morgan fingerprint density at radius 1 is 1.57 bits per heavy atom. The van der Waals surface area contributed by atoms with E-state index in [1.807, 2.05) is 29.0 Å². The van der Waals surface area contributed by atoms with E-state index in [9.17, 15) is 9.90 Å². The Kier molecular flexibility index (Phi) is 4.01. The molecule has 0 radical (unpaired) electrons. The Morgan fingerprint density at radius 2 is 2.33 bits per heavy atom. The maximum atomic E-state index is 12.6. The number of hydrogen-bond acceptors (Lipinski definition) is 4. The van der Waals surface area contributed by atoms with E-state index < -0.39 is 6.10 Å². The average Bonchev–Trinajstić information content (AvgIpc) is 3.21. The lowest BCUT2D eigenvalue weighted by molar-refractivity contribution is -0.134. The molecule has 5 nitrogen and oxygen atoms in total. The van der Waals surface area contributed by atoms with E-state index in [1.165, 1.54) is 0 Å². The van der Waals surface area contributed by atoms with Crippen LogP contribution in [0.1, 0.15) is 37.6 Å². The molecule has 0 spiro atoms. The van der Waals surface area contributed by atoms with Crippen molar-refractivity contribution < 1.29 is 9.90 Å². The van der Waals surface area contributed by atoms with Crippen molar-refractivity contribution in [2.45, 2.75) is 36.5 Å². The minimum atomic E-state index is -0.593. The van der Waals surface area contributed by atoms with Crippen LogP contribution in [-0.4, -0.2) is 49.6 Å². The minimum absolute atomic E-state index is 0.0847. The van der Waals surface area contributed by atoms with Gasteiger partial charge in [0.05, 0.1) is 4.75 Å². The van der Waals surface area contributed by atoms with Gasteiger partial charge in [0.25, 0.3) is 0 Å². The van der Waals surface area contributed by atoms with Gasteiger partial charge in [-0.25, -0.2) is 4.98 Å². The van der Waals surface area contributed by atoms with Crippen LogP contribution in [0.5, 0.6) is 0 Å². The van der Waals surface area contributed by atoms with Crippen LogP contribution in [0.15, 0.2) is 12.4 Å². The van der Waals surface area contributed by atoms with Crippen molar-refractivity contribution in [1.82, 2.24) is 14.5 Å². The smallest absolute Gasteiger partial charge is 0.238 e. The predicted molar refractivity (Wildman–Crippen MR) is 83.0 cm³/mol. The van der Waals surface area contributed by atoms with Crippen molar-refractivity contribution in [2.75, 3.05) is 19.3 Å². The van der Waals surface area contributed by atoms with Crippen molar-refractivity contribution in [2.24, 2.45) is 13.0 Å². The molecule has 1 aromatic heterocycles. The van der Waals surface area contributed by atoms with Gasteiger partial charge in [0.15, 0.2) is 0 Å². The molecule has 6 heteroatoms. The van der Waals surface area contributed by atoms with E-state index >= 15 is 0 Å². The molecular formula is C15H23N3O2S. The number of thioether (sulfide) groups is 1. The molecule has 21 heavy (non-hydrogen) atoms. The molecule has 1 amide bonds. The van der Waals surface area contributed by atoms with Gasteiger partial charge in [0.1, 0.15) is 11.9 Å². The predicted octanol–water partition coefficient (Wildman–Crippen LogP) is 1.59. The lowest BCUT2D eigenvalue weighted by atomic mass is 9.91.